The molecule has 0 saturated heterocycles. The summed E-state index contributed by atoms with van der Waals surface area (Å²) in [6.45, 7) is 5.20. The second-order valence-corrected chi connectivity index (χ2v) is 5.96. The van der Waals surface area contributed by atoms with Crippen LogP contribution in [0.25, 0.3) is 0 Å². The van der Waals surface area contributed by atoms with Crippen LogP contribution in [0.4, 0.5) is 4.39 Å². The van der Waals surface area contributed by atoms with Gasteiger partial charge >= 0.3 is 0 Å². The summed E-state index contributed by atoms with van der Waals surface area (Å²) in [6, 6.07) is 13.6. The van der Waals surface area contributed by atoms with Gasteiger partial charge in [-0.05, 0) is 69.5 Å². The van der Waals surface area contributed by atoms with Crippen molar-refractivity contribution in [2.24, 2.45) is 5.92 Å². The summed E-state index contributed by atoms with van der Waals surface area (Å²) in [4.78, 5) is 0. The number of hydrogen-bond acceptors (Lipinski definition) is 1. The maximum atomic E-state index is 13.3. The Morgan fingerprint density at radius 3 is 2.24 bits per heavy atom. The Balaban J connectivity index is 2.11. The minimum Gasteiger partial charge on any atom is -0.319 e. The van der Waals surface area contributed by atoms with Crippen molar-refractivity contribution in [2.75, 3.05) is 13.6 Å². The molecule has 0 heterocycles. The summed E-state index contributed by atoms with van der Waals surface area (Å²) in [6.07, 6.45) is 1.91. The summed E-state index contributed by atoms with van der Waals surface area (Å²) in [5.41, 5.74) is 5.04. The van der Waals surface area contributed by atoms with Gasteiger partial charge in [0.1, 0.15) is 5.82 Å². The summed E-state index contributed by atoms with van der Waals surface area (Å²) in [7, 11) is 1.97. The molecule has 1 N–H and O–H groups in total. The molecule has 0 aliphatic heterocycles. The van der Waals surface area contributed by atoms with Gasteiger partial charge in [0.25, 0.3) is 0 Å². The Morgan fingerprint density at radius 2 is 1.62 bits per heavy atom. The summed E-state index contributed by atoms with van der Waals surface area (Å²) in [5.74, 6) is 0.320. The van der Waals surface area contributed by atoms with Crippen LogP contribution in [0.5, 0.6) is 0 Å². The quantitative estimate of drug-likeness (QED) is 0.844. The molecule has 21 heavy (non-hydrogen) atoms. The molecule has 1 nitrogen and oxygen atoms in total. The van der Waals surface area contributed by atoms with Gasteiger partial charge in [-0.3, -0.25) is 0 Å². The van der Waals surface area contributed by atoms with E-state index in [2.05, 4.69) is 37.4 Å². The molecule has 1 atom stereocenters. The van der Waals surface area contributed by atoms with E-state index >= 15 is 0 Å². The fourth-order valence-electron chi connectivity index (χ4n) is 3.02. The van der Waals surface area contributed by atoms with E-state index in [4.69, 9.17) is 0 Å². The topological polar surface area (TPSA) is 12.0 Å². The standard InChI is InChI=1S/C19H24FN/c1-14-7-15(2)9-17(8-14)11-18(13-21-3)10-16-5-4-6-19(20)12-16/h4-9,12,18,21H,10-11,13H2,1-3H3. The molecule has 0 aliphatic carbocycles. The first-order valence-electron chi connectivity index (χ1n) is 7.53. The minimum atomic E-state index is -0.151. The number of aryl methyl sites for hydroxylation is 2. The van der Waals surface area contributed by atoms with Crippen LogP contribution >= 0.6 is 0 Å². The third kappa shape index (κ3) is 4.98. The van der Waals surface area contributed by atoms with Crippen LogP contribution < -0.4 is 5.32 Å². The highest BCUT2D eigenvalue weighted by atomic mass is 19.1. The number of hydrogen-bond donors (Lipinski definition) is 1. The van der Waals surface area contributed by atoms with Gasteiger partial charge in [-0.2, -0.15) is 0 Å². The van der Waals surface area contributed by atoms with E-state index in [-0.39, 0.29) is 5.82 Å². The highest BCUT2D eigenvalue weighted by molar-refractivity contribution is 5.29. The van der Waals surface area contributed by atoms with Crippen molar-refractivity contribution < 1.29 is 4.39 Å². The minimum absolute atomic E-state index is 0.151. The number of benzene rings is 2. The highest BCUT2D eigenvalue weighted by Crippen LogP contribution is 2.17. The molecule has 0 aliphatic rings. The lowest BCUT2D eigenvalue weighted by Gasteiger charge is -2.17. The molecule has 112 valence electrons. The van der Waals surface area contributed by atoms with E-state index in [9.17, 15) is 4.39 Å². The monoisotopic (exact) mass is 285 g/mol. The zero-order valence-electron chi connectivity index (χ0n) is 13.1. The van der Waals surface area contributed by atoms with E-state index in [0.29, 0.717) is 5.92 Å². The fraction of sp³-hybridized carbons (Fsp3) is 0.368. The molecule has 1 unspecified atom stereocenters. The molecule has 2 rings (SSSR count). The summed E-state index contributed by atoms with van der Waals surface area (Å²) >= 11 is 0. The van der Waals surface area contributed by atoms with Crippen LogP contribution in [0, 0.1) is 25.6 Å². The Labute approximate surface area is 127 Å². The largest absolute Gasteiger partial charge is 0.319 e. The third-order valence-corrected chi connectivity index (χ3v) is 3.71. The van der Waals surface area contributed by atoms with Crippen molar-refractivity contribution >= 4 is 0 Å². The molecular weight excluding hydrogens is 261 g/mol. The van der Waals surface area contributed by atoms with Crippen LogP contribution in [-0.4, -0.2) is 13.6 Å². The number of nitrogens with one attached hydrogen (secondary N) is 1. The van der Waals surface area contributed by atoms with Crippen LogP contribution in [0.1, 0.15) is 22.3 Å². The molecule has 2 heteroatoms. The van der Waals surface area contributed by atoms with Gasteiger partial charge in [-0.25, -0.2) is 4.39 Å². The Kier molecular flexibility index (Phi) is 5.51. The molecule has 0 amide bonds. The van der Waals surface area contributed by atoms with Gasteiger partial charge in [0, 0.05) is 0 Å². The number of halogens is 1. The molecule has 0 saturated carbocycles. The van der Waals surface area contributed by atoms with Gasteiger partial charge in [0.15, 0.2) is 0 Å². The molecule has 2 aromatic rings. The van der Waals surface area contributed by atoms with Crippen molar-refractivity contribution in [3.63, 3.8) is 0 Å². The van der Waals surface area contributed by atoms with Crippen LogP contribution in [0.2, 0.25) is 0 Å². The molecule has 0 spiro atoms. The first kappa shape index (κ1) is 15.7. The lowest BCUT2D eigenvalue weighted by atomic mass is 9.91. The molecule has 0 fully saturated rings. The normalized spacial score (nSPS) is 12.4. The Morgan fingerprint density at radius 1 is 0.952 bits per heavy atom. The van der Waals surface area contributed by atoms with E-state index in [1.807, 2.05) is 13.1 Å². The first-order valence-corrected chi connectivity index (χ1v) is 7.53. The SMILES string of the molecule is CNCC(Cc1cc(C)cc(C)c1)Cc1cccc(F)c1. The average Bonchev–Trinajstić information content (AvgIpc) is 2.37. The number of rotatable bonds is 6. The maximum absolute atomic E-state index is 13.3. The zero-order chi connectivity index (χ0) is 15.2. The van der Waals surface area contributed by atoms with Crippen LogP contribution in [0.3, 0.4) is 0 Å². The zero-order valence-corrected chi connectivity index (χ0v) is 13.1. The van der Waals surface area contributed by atoms with Crippen LogP contribution in [-0.2, 0) is 12.8 Å². The van der Waals surface area contributed by atoms with Gasteiger partial charge in [0.2, 0.25) is 0 Å². The lowest BCUT2D eigenvalue weighted by Crippen LogP contribution is -2.23. The Hall–Kier alpha value is -1.67. The highest BCUT2D eigenvalue weighted by Gasteiger charge is 2.11. The van der Waals surface area contributed by atoms with E-state index in [1.165, 1.54) is 22.8 Å². The smallest absolute Gasteiger partial charge is 0.123 e. The average molecular weight is 285 g/mol. The predicted octanol–water partition coefficient (Wildman–Crippen LogP) is 4.06. The van der Waals surface area contributed by atoms with Gasteiger partial charge in [0.05, 0.1) is 0 Å². The summed E-state index contributed by atoms with van der Waals surface area (Å²) in [5, 5.41) is 3.26. The molecule has 0 bridgehead atoms. The van der Waals surface area contributed by atoms with Crippen molar-refractivity contribution in [3.05, 3.63) is 70.5 Å². The first-order chi connectivity index (χ1) is 10.1. The molecule has 2 aromatic carbocycles. The fourth-order valence-corrected chi connectivity index (χ4v) is 3.02. The van der Waals surface area contributed by atoms with Gasteiger partial charge < -0.3 is 5.32 Å². The van der Waals surface area contributed by atoms with E-state index in [1.54, 1.807) is 12.1 Å². The van der Waals surface area contributed by atoms with Crippen molar-refractivity contribution in [3.8, 4) is 0 Å². The van der Waals surface area contributed by atoms with Crippen molar-refractivity contribution in [1.82, 2.24) is 5.32 Å². The van der Waals surface area contributed by atoms with E-state index < -0.39 is 0 Å². The maximum Gasteiger partial charge on any atom is 0.123 e. The van der Waals surface area contributed by atoms with Crippen molar-refractivity contribution in [2.45, 2.75) is 26.7 Å². The second-order valence-electron chi connectivity index (χ2n) is 5.96. The summed E-state index contributed by atoms with van der Waals surface area (Å²) < 4.78 is 13.3. The van der Waals surface area contributed by atoms with Crippen molar-refractivity contribution in [1.29, 1.82) is 0 Å². The predicted molar refractivity (Wildman–Crippen MR) is 87.1 cm³/mol. The Bertz CT molecular complexity index is 572. The van der Waals surface area contributed by atoms with Gasteiger partial charge in [-0.15, -0.1) is 0 Å². The lowest BCUT2D eigenvalue weighted by molar-refractivity contribution is 0.491. The third-order valence-electron chi connectivity index (χ3n) is 3.71. The van der Waals surface area contributed by atoms with Gasteiger partial charge in [-0.1, -0.05) is 41.5 Å². The molecular formula is C19H24FN. The van der Waals surface area contributed by atoms with Crippen LogP contribution in [0.15, 0.2) is 42.5 Å². The van der Waals surface area contributed by atoms with E-state index in [0.717, 1.165) is 24.9 Å². The second kappa shape index (κ2) is 7.37. The molecule has 0 aromatic heterocycles. The molecule has 0 radical (unpaired) electrons.